The highest BCUT2D eigenvalue weighted by Crippen LogP contribution is 2.27. The molecule has 0 spiro atoms. The average Bonchev–Trinajstić information content (AvgIpc) is 2.87. The number of carbonyl (C=O) groups is 2. The molecule has 2 N–H and O–H groups in total. The lowest BCUT2D eigenvalue weighted by Crippen LogP contribution is -2.15. The van der Waals surface area contributed by atoms with Gasteiger partial charge >= 0.3 is 5.97 Å². The first-order chi connectivity index (χ1) is 8.49. The molecule has 2 rings (SSSR count). The van der Waals surface area contributed by atoms with Gasteiger partial charge in [0.25, 0.3) is 11.7 Å². The van der Waals surface area contributed by atoms with Gasteiger partial charge < -0.3 is 14.9 Å². The molecule has 0 bridgehead atoms. The van der Waals surface area contributed by atoms with Crippen LogP contribution in [0.15, 0.2) is 9.90 Å². The Kier molecular flexibility index (Phi) is 3.11. The van der Waals surface area contributed by atoms with Crippen molar-refractivity contribution in [3.05, 3.63) is 27.5 Å². The summed E-state index contributed by atoms with van der Waals surface area (Å²) in [6, 6.07) is 0. The van der Waals surface area contributed by atoms with Crippen molar-refractivity contribution in [2.75, 3.05) is 5.32 Å². The number of amides is 1. The SMILES string of the molecule is Cc1nc(C(=O)Nc2c(C)csc2C(=O)O)no1. The van der Waals surface area contributed by atoms with Crippen LogP contribution >= 0.6 is 11.3 Å². The number of carboxylic acid groups (broad SMARTS) is 1. The maximum absolute atomic E-state index is 11.8. The first-order valence-electron chi connectivity index (χ1n) is 4.92. The molecule has 0 aliphatic heterocycles. The second-order valence-electron chi connectivity index (χ2n) is 3.52. The summed E-state index contributed by atoms with van der Waals surface area (Å²) in [7, 11) is 0. The molecule has 0 radical (unpaired) electrons. The molecule has 18 heavy (non-hydrogen) atoms. The minimum atomic E-state index is -1.09. The van der Waals surface area contributed by atoms with Crippen molar-refractivity contribution in [1.82, 2.24) is 10.1 Å². The van der Waals surface area contributed by atoms with Crippen molar-refractivity contribution in [2.24, 2.45) is 0 Å². The van der Waals surface area contributed by atoms with Crippen molar-refractivity contribution in [2.45, 2.75) is 13.8 Å². The number of hydrogen-bond donors (Lipinski definition) is 2. The summed E-state index contributed by atoms with van der Waals surface area (Å²) in [5, 5.41) is 16.6. The summed E-state index contributed by atoms with van der Waals surface area (Å²) in [6.45, 7) is 3.27. The standard InChI is InChI=1S/C10H9N3O4S/c1-4-3-18-7(10(15)16)6(4)12-9(14)8-11-5(2)17-13-8/h3H,1-2H3,(H,12,14)(H,15,16). The first kappa shape index (κ1) is 12.2. The molecule has 0 aliphatic carbocycles. The lowest BCUT2D eigenvalue weighted by Gasteiger charge is -2.02. The van der Waals surface area contributed by atoms with Crippen LogP contribution in [0.3, 0.4) is 0 Å². The van der Waals surface area contributed by atoms with Crippen LogP contribution in [0.25, 0.3) is 0 Å². The summed E-state index contributed by atoms with van der Waals surface area (Å²) in [5.41, 5.74) is 0.936. The molecule has 0 unspecified atom stereocenters. The maximum Gasteiger partial charge on any atom is 0.348 e. The number of anilines is 1. The molecule has 1 amide bonds. The predicted octanol–water partition coefficient (Wildman–Crippen LogP) is 1.70. The molecule has 2 heterocycles. The topological polar surface area (TPSA) is 105 Å². The second kappa shape index (κ2) is 4.57. The summed E-state index contributed by atoms with van der Waals surface area (Å²) >= 11 is 1.05. The number of thiophene rings is 1. The fourth-order valence-corrected chi connectivity index (χ4v) is 2.16. The Hall–Kier alpha value is -2.22. The van der Waals surface area contributed by atoms with E-state index in [0.29, 0.717) is 5.56 Å². The minimum Gasteiger partial charge on any atom is -0.477 e. The van der Waals surface area contributed by atoms with Crippen LogP contribution in [0, 0.1) is 13.8 Å². The van der Waals surface area contributed by atoms with Crippen LogP contribution in [0.5, 0.6) is 0 Å². The van der Waals surface area contributed by atoms with Crippen molar-refractivity contribution in [1.29, 1.82) is 0 Å². The van der Waals surface area contributed by atoms with Gasteiger partial charge in [0.2, 0.25) is 5.89 Å². The van der Waals surface area contributed by atoms with Crippen molar-refractivity contribution in [3.8, 4) is 0 Å². The smallest absolute Gasteiger partial charge is 0.348 e. The Morgan fingerprint density at radius 3 is 2.72 bits per heavy atom. The summed E-state index contributed by atoms with van der Waals surface area (Å²) in [5.74, 6) is -1.56. The van der Waals surface area contributed by atoms with Crippen molar-refractivity contribution >= 4 is 28.9 Å². The molecule has 0 aromatic carbocycles. The number of aryl methyl sites for hydroxylation is 2. The number of aromatic carboxylic acids is 1. The van der Waals surface area contributed by atoms with Gasteiger partial charge in [-0.25, -0.2) is 4.79 Å². The van der Waals surface area contributed by atoms with Crippen LogP contribution in [-0.2, 0) is 0 Å². The lowest BCUT2D eigenvalue weighted by atomic mass is 10.2. The zero-order chi connectivity index (χ0) is 13.3. The predicted molar refractivity (Wildman–Crippen MR) is 63.0 cm³/mol. The average molecular weight is 267 g/mol. The number of nitrogens with one attached hydrogen (secondary N) is 1. The number of carbonyl (C=O) groups excluding carboxylic acids is 1. The molecule has 7 nitrogen and oxygen atoms in total. The normalized spacial score (nSPS) is 10.3. The summed E-state index contributed by atoms with van der Waals surface area (Å²) in [4.78, 5) is 26.6. The number of rotatable bonds is 3. The Balaban J connectivity index is 2.27. The zero-order valence-electron chi connectivity index (χ0n) is 9.55. The highest BCUT2D eigenvalue weighted by atomic mass is 32.1. The van der Waals surface area contributed by atoms with Crippen LogP contribution in [-0.4, -0.2) is 27.1 Å². The van der Waals surface area contributed by atoms with Gasteiger partial charge in [-0.2, -0.15) is 4.98 Å². The molecule has 2 aromatic heterocycles. The van der Waals surface area contributed by atoms with Crippen molar-refractivity contribution in [3.63, 3.8) is 0 Å². The number of carboxylic acids is 1. The lowest BCUT2D eigenvalue weighted by molar-refractivity contribution is 0.0703. The molecular weight excluding hydrogens is 258 g/mol. The van der Waals surface area contributed by atoms with E-state index in [1.165, 1.54) is 0 Å². The molecule has 2 aromatic rings. The van der Waals surface area contributed by atoms with Gasteiger partial charge in [0, 0.05) is 6.92 Å². The van der Waals surface area contributed by atoms with E-state index in [-0.39, 0.29) is 22.3 Å². The van der Waals surface area contributed by atoms with E-state index in [1.807, 2.05) is 0 Å². The van der Waals surface area contributed by atoms with Gasteiger partial charge in [0.15, 0.2) is 0 Å². The van der Waals surface area contributed by atoms with Crippen molar-refractivity contribution < 1.29 is 19.2 Å². The van der Waals surface area contributed by atoms with Crippen LogP contribution in [0.1, 0.15) is 31.7 Å². The first-order valence-corrected chi connectivity index (χ1v) is 5.80. The van der Waals surface area contributed by atoms with Crippen LogP contribution in [0.2, 0.25) is 0 Å². The third-order valence-electron chi connectivity index (χ3n) is 2.14. The Labute approximate surface area is 105 Å². The molecule has 0 aliphatic rings. The van der Waals surface area contributed by atoms with Gasteiger partial charge in [0.1, 0.15) is 4.88 Å². The fraction of sp³-hybridized carbons (Fsp3) is 0.200. The summed E-state index contributed by atoms with van der Waals surface area (Å²) < 4.78 is 4.68. The van der Waals surface area contributed by atoms with Gasteiger partial charge in [-0.15, -0.1) is 11.3 Å². The highest BCUT2D eigenvalue weighted by molar-refractivity contribution is 7.12. The van der Waals surface area contributed by atoms with Gasteiger partial charge in [-0.05, 0) is 17.9 Å². The number of aromatic nitrogens is 2. The van der Waals surface area contributed by atoms with Gasteiger partial charge in [-0.3, -0.25) is 4.79 Å². The Morgan fingerprint density at radius 2 is 2.17 bits per heavy atom. The van der Waals surface area contributed by atoms with E-state index in [1.54, 1.807) is 19.2 Å². The number of hydrogen-bond acceptors (Lipinski definition) is 6. The van der Waals surface area contributed by atoms with E-state index in [9.17, 15) is 9.59 Å². The second-order valence-corrected chi connectivity index (χ2v) is 4.40. The largest absolute Gasteiger partial charge is 0.477 e. The molecular formula is C10H9N3O4S. The highest BCUT2D eigenvalue weighted by Gasteiger charge is 2.20. The molecule has 0 atom stereocenters. The van der Waals surface area contributed by atoms with E-state index >= 15 is 0 Å². The third kappa shape index (κ3) is 2.23. The van der Waals surface area contributed by atoms with E-state index in [2.05, 4.69) is 20.0 Å². The van der Waals surface area contributed by atoms with Gasteiger partial charge in [0.05, 0.1) is 5.69 Å². The van der Waals surface area contributed by atoms with Crippen LogP contribution in [0.4, 0.5) is 5.69 Å². The molecule has 0 saturated heterocycles. The quantitative estimate of drug-likeness (QED) is 0.876. The van der Waals surface area contributed by atoms with E-state index < -0.39 is 11.9 Å². The molecule has 0 fully saturated rings. The molecule has 0 saturated carbocycles. The monoisotopic (exact) mass is 267 g/mol. The van der Waals surface area contributed by atoms with E-state index in [0.717, 1.165) is 11.3 Å². The minimum absolute atomic E-state index is 0.0704. The summed E-state index contributed by atoms with van der Waals surface area (Å²) in [6.07, 6.45) is 0. The molecule has 8 heteroatoms. The maximum atomic E-state index is 11.8. The zero-order valence-corrected chi connectivity index (χ0v) is 10.4. The third-order valence-corrected chi connectivity index (χ3v) is 3.22. The van der Waals surface area contributed by atoms with E-state index in [4.69, 9.17) is 5.11 Å². The Bertz CT molecular complexity index is 616. The Morgan fingerprint density at radius 1 is 1.44 bits per heavy atom. The van der Waals surface area contributed by atoms with Gasteiger partial charge in [-0.1, -0.05) is 5.16 Å². The fourth-order valence-electron chi connectivity index (χ4n) is 1.32. The number of nitrogens with zero attached hydrogens (tertiary/aromatic N) is 2. The van der Waals surface area contributed by atoms with Crippen LogP contribution < -0.4 is 5.32 Å². The molecule has 94 valence electrons.